The molecule has 10 heteroatoms. The van der Waals surface area contributed by atoms with E-state index < -0.39 is 0 Å². The summed E-state index contributed by atoms with van der Waals surface area (Å²) < 4.78 is 7.45. The first kappa shape index (κ1) is 18.5. The van der Waals surface area contributed by atoms with Gasteiger partial charge in [-0.05, 0) is 25.8 Å². The van der Waals surface area contributed by atoms with Crippen LogP contribution in [0.4, 0.5) is 11.6 Å². The lowest BCUT2D eigenvalue weighted by molar-refractivity contribution is 0.0974. The van der Waals surface area contributed by atoms with E-state index >= 15 is 0 Å². The highest BCUT2D eigenvalue weighted by atomic mass is 35.5. The highest BCUT2D eigenvalue weighted by Crippen LogP contribution is 2.41. The Kier molecular flexibility index (Phi) is 4.34. The van der Waals surface area contributed by atoms with Crippen molar-refractivity contribution in [3.63, 3.8) is 0 Å². The van der Waals surface area contributed by atoms with Gasteiger partial charge in [0, 0.05) is 30.7 Å². The van der Waals surface area contributed by atoms with Crippen LogP contribution in [0.5, 0.6) is 0 Å². The van der Waals surface area contributed by atoms with Crippen LogP contribution in [0.15, 0.2) is 24.7 Å². The lowest BCUT2D eigenvalue weighted by Gasteiger charge is -2.41. The normalized spacial score (nSPS) is 23.9. The predicted molar refractivity (Wildman–Crippen MR) is 111 cm³/mol. The second kappa shape index (κ2) is 6.79. The number of rotatable bonds is 2. The van der Waals surface area contributed by atoms with Crippen molar-refractivity contribution in [2.24, 2.45) is 11.1 Å². The van der Waals surface area contributed by atoms with Gasteiger partial charge in [-0.2, -0.15) is 5.10 Å². The Bertz CT molecular complexity index is 1060. The minimum atomic E-state index is 0.0797. The first-order valence-electron chi connectivity index (χ1n) is 9.72. The number of nitrogens with two attached hydrogens (primary N) is 2. The third-order valence-electron chi connectivity index (χ3n) is 6.32. The van der Waals surface area contributed by atoms with Gasteiger partial charge in [-0.25, -0.2) is 19.6 Å². The van der Waals surface area contributed by atoms with E-state index in [0.29, 0.717) is 21.9 Å². The van der Waals surface area contributed by atoms with Crippen LogP contribution in [-0.4, -0.2) is 56.6 Å². The Morgan fingerprint density at radius 3 is 2.76 bits per heavy atom. The van der Waals surface area contributed by atoms with E-state index in [1.165, 1.54) is 0 Å². The summed E-state index contributed by atoms with van der Waals surface area (Å²) in [5.74, 6) is 1.09. The fraction of sp³-hybridized carbons (Fsp3) is 0.474. The Morgan fingerprint density at radius 2 is 2.03 bits per heavy atom. The summed E-state index contributed by atoms with van der Waals surface area (Å²) in [6, 6.07) is 1.84. The number of hydrogen-bond acceptors (Lipinski definition) is 8. The van der Waals surface area contributed by atoms with E-state index in [4.69, 9.17) is 32.8 Å². The van der Waals surface area contributed by atoms with E-state index in [-0.39, 0.29) is 23.4 Å². The summed E-state index contributed by atoms with van der Waals surface area (Å²) in [6.07, 6.45) is 7.16. The van der Waals surface area contributed by atoms with Crippen LogP contribution in [0, 0.1) is 5.41 Å². The van der Waals surface area contributed by atoms with Crippen molar-refractivity contribution in [2.45, 2.75) is 31.9 Å². The molecule has 0 bridgehead atoms. The van der Waals surface area contributed by atoms with Crippen molar-refractivity contribution in [2.75, 3.05) is 30.3 Å². The molecule has 0 saturated carbocycles. The van der Waals surface area contributed by atoms with Crippen molar-refractivity contribution in [3.8, 4) is 5.69 Å². The summed E-state index contributed by atoms with van der Waals surface area (Å²) >= 11 is 6.29. The van der Waals surface area contributed by atoms with Gasteiger partial charge >= 0.3 is 0 Å². The molecule has 2 aliphatic rings. The summed E-state index contributed by atoms with van der Waals surface area (Å²) in [5, 5.41) is 4.74. The molecular weight excluding hydrogens is 392 g/mol. The molecule has 0 radical (unpaired) electrons. The lowest BCUT2D eigenvalue weighted by Crippen LogP contribution is -2.50. The quantitative estimate of drug-likeness (QED) is 0.650. The van der Waals surface area contributed by atoms with Crippen molar-refractivity contribution in [1.29, 1.82) is 0 Å². The third kappa shape index (κ3) is 2.92. The Labute approximate surface area is 173 Å². The van der Waals surface area contributed by atoms with Gasteiger partial charge in [-0.15, -0.1) is 0 Å². The average Bonchev–Trinajstić information content (AvgIpc) is 3.27. The minimum absolute atomic E-state index is 0.0797. The first-order chi connectivity index (χ1) is 14.0. The molecule has 29 heavy (non-hydrogen) atoms. The number of halogens is 1. The number of piperidine rings is 1. The maximum absolute atomic E-state index is 6.42. The van der Waals surface area contributed by atoms with Crippen LogP contribution in [0.1, 0.15) is 19.8 Å². The summed E-state index contributed by atoms with van der Waals surface area (Å²) in [6.45, 7) is 4.57. The van der Waals surface area contributed by atoms with Crippen LogP contribution in [0.25, 0.3) is 16.9 Å². The zero-order valence-electron chi connectivity index (χ0n) is 16.1. The molecule has 0 amide bonds. The van der Waals surface area contributed by atoms with E-state index in [9.17, 15) is 0 Å². The van der Waals surface area contributed by atoms with Crippen LogP contribution in [-0.2, 0) is 4.74 Å². The van der Waals surface area contributed by atoms with Crippen molar-refractivity contribution in [3.05, 3.63) is 29.7 Å². The van der Waals surface area contributed by atoms with Gasteiger partial charge in [0.15, 0.2) is 5.65 Å². The lowest BCUT2D eigenvalue weighted by atomic mass is 9.73. The molecule has 2 fully saturated rings. The molecule has 0 aliphatic carbocycles. The van der Waals surface area contributed by atoms with Gasteiger partial charge in [-0.1, -0.05) is 11.6 Å². The third-order valence-corrected chi connectivity index (χ3v) is 6.70. The van der Waals surface area contributed by atoms with Gasteiger partial charge < -0.3 is 21.1 Å². The molecule has 4 N–H and O–H groups in total. The molecule has 5 heterocycles. The van der Waals surface area contributed by atoms with Crippen molar-refractivity contribution >= 4 is 34.4 Å². The van der Waals surface area contributed by atoms with E-state index in [1.807, 2.05) is 0 Å². The average molecular weight is 415 g/mol. The second-order valence-electron chi connectivity index (χ2n) is 7.91. The molecular formula is C19H23ClN8O. The highest BCUT2D eigenvalue weighted by Gasteiger charge is 2.47. The maximum Gasteiger partial charge on any atom is 0.181 e. The van der Waals surface area contributed by atoms with E-state index in [0.717, 1.165) is 38.4 Å². The van der Waals surface area contributed by atoms with Crippen LogP contribution in [0.2, 0.25) is 5.02 Å². The summed E-state index contributed by atoms with van der Waals surface area (Å²) in [7, 11) is 0. The van der Waals surface area contributed by atoms with Gasteiger partial charge in [-0.3, -0.25) is 0 Å². The SMILES string of the molecule is C[C@@H]1OCC2(CCN(c3cnc4c(cnn4-c4ccnc(N)c4Cl)n3)CC2)[C@@H]1N. The van der Waals surface area contributed by atoms with Gasteiger partial charge in [0.05, 0.1) is 30.8 Å². The minimum Gasteiger partial charge on any atom is -0.382 e. The molecule has 9 nitrogen and oxygen atoms in total. The number of aromatic nitrogens is 5. The van der Waals surface area contributed by atoms with Crippen LogP contribution < -0.4 is 16.4 Å². The Hall–Kier alpha value is -2.49. The van der Waals surface area contributed by atoms with Crippen LogP contribution in [0.3, 0.4) is 0 Å². The molecule has 3 aromatic rings. The van der Waals surface area contributed by atoms with Gasteiger partial charge in [0.2, 0.25) is 0 Å². The topological polar surface area (TPSA) is 121 Å². The van der Waals surface area contributed by atoms with E-state index in [2.05, 4.69) is 26.9 Å². The molecule has 5 rings (SSSR count). The monoisotopic (exact) mass is 414 g/mol. The number of fused-ring (bicyclic) bond motifs is 1. The smallest absolute Gasteiger partial charge is 0.181 e. The summed E-state index contributed by atoms with van der Waals surface area (Å²) in [5.41, 5.74) is 14.3. The fourth-order valence-corrected chi connectivity index (χ4v) is 4.59. The molecule has 3 aromatic heterocycles. The molecule has 0 unspecified atom stereocenters. The molecule has 2 aliphatic heterocycles. The molecule has 1 spiro atoms. The fourth-order valence-electron chi connectivity index (χ4n) is 4.40. The van der Waals surface area contributed by atoms with E-state index in [1.54, 1.807) is 29.3 Å². The van der Waals surface area contributed by atoms with Gasteiger partial charge in [0.25, 0.3) is 0 Å². The predicted octanol–water partition coefficient (Wildman–Crippen LogP) is 1.78. The molecule has 0 aromatic carbocycles. The Morgan fingerprint density at radius 1 is 1.24 bits per heavy atom. The zero-order chi connectivity index (χ0) is 20.2. The van der Waals surface area contributed by atoms with Crippen molar-refractivity contribution in [1.82, 2.24) is 24.7 Å². The molecule has 2 atom stereocenters. The maximum atomic E-state index is 6.42. The number of hydrogen-bond donors (Lipinski definition) is 2. The highest BCUT2D eigenvalue weighted by molar-refractivity contribution is 6.34. The number of nitrogen functional groups attached to an aromatic ring is 1. The standard InChI is InChI=1S/C19H23ClN8O/c1-11-16(21)19(10-29-11)3-6-27(7-4-19)14-9-24-18-12(26-14)8-25-28(18)13-2-5-23-17(22)15(13)20/h2,5,8-9,11,16H,3-4,6-7,10,21H2,1H3,(H2,22,23)/t11-,16+/m0/s1. The van der Waals surface area contributed by atoms with Gasteiger partial charge in [0.1, 0.15) is 22.2 Å². The first-order valence-corrected chi connectivity index (χ1v) is 10.1. The summed E-state index contributed by atoms with van der Waals surface area (Å²) in [4.78, 5) is 15.6. The molecule has 152 valence electrons. The zero-order valence-corrected chi connectivity index (χ0v) is 16.9. The van der Waals surface area contributed by atoms with Crippen LogP contribution >= 0.6 is 11.6 Å². The molecule has 2 saturated heterocycles. The number of ether oxygens (including phenoxy) is 1. The number of nitrogens with zero attached hydrogens (tertiary/aromatic N) is 6. The van der Waals surface area contributed by atoms with Crippen molar-refractivity contribution < 1.29 is 4.74 Å². The second-order valence-corrected chi connectivity index (χ2v) is 8.29. The largest absolute Gasteiger partial charge is 0.382 e. The number of anilines is 2. The number of pyridine rings is 1. The Balaban J connectivity index is 1.40.